The van der Waals surface area contributed by atoms with E-state index in [-0.39, 0.29) is 23.7 Å². The molecule has 0 bridgehead atoms. The molecule has 1 amide bonds. The molecule has 2 aliphatic rings. The molecule has 1 aliphatic heterocycles. The predicted molar refractivity (Wildman–Crippen MR) is 148 cm³/mol. The number of anilines is 3. The van der Waals surface area contributed by atoms with Gasteiger partial charge in [-0.2, -0.15) is 13.2 Å². The van der Waals surface area contributed by atoms with Crippen LogP contribution in [0.2, 0.25) is 0 Å². The summed E-state index contributed by atoms with van der Waals surface area (Å²) in [5.74, 6) is 0.117. The number of alkyl halides is 3. The molecule has 1 saturated heterocycles. The lowest BCUT2D eigenvalue weighted by Gasteiger charge is -2.31. The van der Waals surface area contributed by atoms with Crippen molar-refractivity contribution in [2.24, 2.45) is 0 Å². The second-order valence-electron chi connectivity index (χ2n) is 11.0. The van der Waals surface area contributed by atoms with E-state index >= 15 is 0 Å². The van der Waals surface area contributed by atoms with E-state index in [2.05, 4.69) is 32.4 Å². The minimum atomic E-state index is -4.57. The Kier molecular flexibility index (Phi) is 7.83. The van der Waals surface area contributed by atoms with Gasteiger partial charge in [0.2, 0.25) is 5.91 Å². The molecule has 7 nitrogen and oxygen atoms in total. The Morgan fingerprint density at radius 3 is 2.62 bits per heavy atom. The number of hydrogen-bond donors (Lipinski definition) is 3. The van der Waals surface area contributed by atoms with E-state index < -0.39 is 23.9 Å². The third-order valence-corrected chi connectivity index (χ3v) is 7.90. The van der Waals surface area contributed by atoms with Gasteiger partial charge in [0.1, 0.15) is 12.1 Å². The fourth-order valence-electron chi connectivity index (χ4n) is 6.00. The van der Waals surface area contributed by atoms with E-state index in [0.29, 0.717) is 36.3 Å². The monoisotopic (exact) mass is 553 g/mol. The number of nitrogens with zero attached hydrogens (tertiary/aromatic N) is 3. The molecule has 212 valence electrons. The molecule has 1 fully saturated rings. The third kappa shape index (κ3) is 5.83. The predicted octanol–water partition coefficient (Wildman–Crippen LogP) is 5.96. The number of aryl methyl sites for hydroxylation is 1. The van der Waals surface area contributed by atoms with Gasteiger partial charge in [0, 0.05) is 35.8 Å². The zero-order valence-electron chi connectivity index (χ0n) is 22.8. The quantitative estimate of drug-likeness (QED) is 0.349. The minimum absolute atomic E-state index is 0.0490. The molecular weight excluding hydrogens is 519 g/mol. The molecule has 40 heavy (non-hydrogen) atoms. The van der Waals surface area contributed by atoms with Gasteiger partial charge >= 0.3 is 6.18 Å². The van der Waals surface area contributed by atoms with Crippen molar-refractivity contribution in [3.8, 4) is 11.3 Å². The van der Waals surface area contributed by atoms with Crippen molar-refractivity contribution in [3.63, 3.8) is 0 Å². The number of amides is 1. The van der Waals surface area contributed by atoms with Crippen molar-refractivity contribution in [1.82, 2.24) is 14.9 Å². The van der Waals surface area contributed by atoms with Crippen LogP contribution in [-0.2, 0) is 23.8 Å². The number of likely N-dealkylation sites (tertiary alicyclic amines) is 1. The lowest BCUT2D eigenvalue weighted by molar-refractivity contribution is -0.137. The minimum Gasteiger partial charge on any atom is -0.393 e. The largest absolute Gasteiger partial charge is 0.416 e. The first-order chi connectivity index (χ1) is 19.0. The summed E-state index contributed by atoms with van der Waals surface area (Å²) >= 11 is 0. The highest BCUT2D eigenvalue weighted by Crippen LogP contribution is 2.37. The van der Waals surface area contributed by atoms with E-state index in [1.807, 2.05) is 32.0 Å². The van der Waals surface area contributed by atoms with Gasteiger partial charge in [0.25, 0.3) is 0 Å². The molecule has 1 aromatic heterocycles. The third-order valence-electron chi connectivity index (χ3n) is 7.90. The summed E-state index contributed by atoms with van der Waals surface area (Å²) in [4.78, 5) is 24.1. The van der Waals surface area contributed by atoms with Crippen LogP contribution in [0, 0.1) is 0 Å². The molecule has 3 aromatic rings. The van der Waals surface area contributed by atoms with Gasteiger partial charge in [-0.15, -0.1) is 0 Å². The summed E-state index contributed by atoms with van der Waals surface area (Å²) in [6, 6.07) is 10.7. The van der Waals surface area contributed by atoms with E-state index in [0.717, 1.165) is 41.8 Å². The maximum atomic E-state index is 13.7. The van der Waals surface area contributed by atoms with Crippen molar-refractivity contribution in [3.05, 3.63) is 65.5 Å². The summed E-state index contributed by atoms with van der Waals surface area (Å²) in [5, 5.41) is 16.3. The number of hydrogen-bond acceptors (Lipinski definition) is 6. The molecule has 0 radical (unpaired) electrons. The summed E-state index contributed by atoms with van der Waals surface area (Å²) in [5.41, 5.74) is 2.91. The highest BCUT2D eigenvalue weighted by molar-refractivity contribution is 5.98. The molecular formula is C30H34F3N5O2. The summed E-state index contributed by atoms with van der Waals surface area (Å²) in [7, 11) is 0. The van der Waals surface area contributed by atoms with Gasteiger partial charge in [0.15, 0.2) is 0 Å². The Balaban J connectivity index is 1.47. The van der Waals surface area contributed by atoms with E-state index in [1.54, 1.807) is 6.07 Å². The van der Waals surface area contributed by atoms with Crippen LogP contribution < -0.4 is 10.6 Å². The zero-order chi connectivity index (χ0) is 28.6. The van der Waals surface area contributed by atoms with Crippen molar-refractivity contribution >= 4 is 23.1 Å². The molecule has 3 atom stereocenters. The number of aliphatic hydroxyl groups excluding tert-OH is 1. The van der Waals surface area contributed by atoms with Gasteiger partial charge in [0.05, 0.1) is 29.1 Å². The van der Waals surface area contributed by atoms with Crippen molar-refractivity contribution in [1.29, 1.82) is 0 Å². The highest BCUT2D eigenvalue weighted by atomic mass is 19.4. The Morgan fingerprint density at radius 2 is 1.88 bits per heavy atom. The molecule has 0 saturated carbocycles. The summed E-state index contributed by atoms with van der Waals surface area (Å²) in [6.07, 6.45) is -0.148. The normalized spacial score (nSPS) is 21.4. The van der Waals surface area contributed by atoms with E-state index in [4.69, 9.17) is 0 Å². The number of carbonyl (C=O) groups is 1. The average molecular weight is 554 g/mol. The fourth-order valence-corrected chi connectivity index (χ4v) is 6.00. The van der Waals surface area contributed by atoms with Crippen LogP contribution in [0.15, 0.2) is 48.8 Å². The fraction of sp³-hybridized carbons (Fsp3) is 0.433. The maximum absolute atomic E-state index is 13.7. The van der Waals surface area contributed by atoms with Crippen LogP contribution in [0.3, 0.4) is 0 Å². The SMILES string of the molecule is CC(C)N1C(C)CC[C@H]1C(=O)Nc1cc(C(F)(F)F)ccc1-c1cc(Nc2cccc3c2CC(O)CC3)ncn1. The molecule has 3 N–H and O–H groups in total. The molecule has 2 heterocycles. The van der Waals surface area contributed by atoms with Crippen LogP contribution in [-0.4, -0.2) is 50.1 Å². The first kappa shape index (κ1) is 28.0. The van der Waals surface area contributed by atoms with E-state index in [1.165, 1.54) is 12.4 Å². The molecule has 1 aliphatic carbocycles. The van der Waals surface area contributed by atoms with Gasteiger partial charge < -0.3 is 15.7 Å². The van der Waals surface area contributed by atoms with Crippen molar-refractivity contribution < 1.29 is 23.1 Å². The molecule has 0 spiro atoms. The number of aromatic nitrogens is 2. The second kappa shape index (κ2) is 11.2. The van der Waals surface area contributed by atoms with Gasteiger partial charge in [-0.3, -0.25) is 9.69 Å². The number of aliphatic hydroxyl groups is 1. The van der Waals surface area contributed by atoms with Crippen molar-refractivity contribution in [2.75, 3.05) is 10.6 Å². The Morgan fingerprint density at radius 1 is 1.07 bits per heavy atom. The van der Waals surface area contributed by atoms with Crippen LogP contribution in [0.1, 0.15) is 56.7 Å². The molecule has 2 aromatic carbocycles. The highest BCUT2D eigenvalue weighted by Gasteiger charge is 2.38. The number of benzene rings is 2. The Labute approximate surface area is 231 Å². The van der Waals surface area contributed by atoms with Gasteiger partial charge in [-0.25, -0.2) is 9.97 Å². The van der Waals surface area contributed by atoms with Gasteiger partial charge in [-0.05, 0) is 75.8 Å². The number of halogens is 3. The van der Waals surface area contributed by atoms with Crippen LogP contribution in [0.5, 0.6) is 0 Å². The van der Waals surface area contributed by atoms with Crippen LogP contribution >= 0.6 is 0 Å². The maximum Gasteiger partial charge on any atom is 0.416 e. The molecule has 10 heteroatoms. The van der Waals surface area contributed by atoms with Crippen LogP contribution in [0.4, 0.5) is 30.4 Å². The Bertz CT molecular complexity index is 1390. The number of nitrogens with one attached hydrogen (secondary N) is 2. The molecule has 2 unspecified atom stereocenters. The van der Waals surface area contributed by atoms with Crippen molar-refractivity contribution in [2.45, 2.75) is 83.3 Å². The van der Waals surface area contributed by atoms with E-state index in [9.17, 15) is 23.1 Å². The Hall–Kier alpha value is -3.50. The molecule has 5 rings (SSSR count). The average Bonchev–Trinajstić information content (AvgIpc) is 3.30. The lowest BCUT2D eigenvalue weighted by atomic mass is 9.88. The van der Waals surface area contributed by atoms with Crippen LogP contribution in [0.25, 0.3) is 11.3 Å². The summed E-state index contributed by atoms with van der Waals surface area (Å²) in [6.45, 7) is 6.08. The first-order valence-corrected chi connectivity index (χ1v) is 13.7. The smallest absolute Gasteiger partial charge is 0.393 e. The standard InChI is InChI=1S/C30H34F3N5O2/c1-17(2)38-18(3)7-12-27(38)29(40)37-26-13-20(30(31,32)33)9-11-22(26)25-15-28(35-16-34-25)36-24-6-4-5-19-8-10-21(39)14-23(19)24/h4-6,9,11,13,15-18,21,27,39H,7-8,10,12,14H2,1-3H3,(H,37,40)(H,34,35,36)/t18?,21?,27-/m0/s1. The number of carbonyl (C=O) groups excluding carboxylic acids is 1. The number of fused-ring (bicyclic) bond motifs is 1. The lowest BCUT2D eigenvalue weighted by Crippen LogP contribution is -2.46. The first-order valence-electron chi connectivity index (χ1n) is 13.7. The topological polar surface area (TPSA) is 90.4 Å². The summed E-state index contributed by atoms with van der Waals surface area (Å²) < 4.78 is 41.0. The number of rotatable bonds is 6. The second-order valence-corrected chi connectivity index (χ2v) is 11.0. The zero-order valence-corrected chi connectivity index (χ0v) is 22.8. The van der Waals surface area contributed by atoms with Gasteiger partial charge in [-0.1, -0.05) is 18.2 Å².